The van der Waals surface area contributed by atoms with Crippen molar-refractivity contribution < 1.29 is 9.90 Å². The van der Waals surface area contributed by atoms with E-state index in [9.17, 15) is 9.90 Å². The molecule has 0 spiro atoms. The van der Waals surface area contributed by atoms with E-state index in [1.165, 1.54) is 59.2 Å². The summed E-state index contributed by atoms with van der Waals surface area (Å²) in [5.74, 6) is 0.450. The van der Waals surface area contributed by atoms with E-state index in [2.05, 4.69) is 28.8 Å². The number of thioether (sulfide) groups is 1. The number of aromatic nitrogens is 1. The van der Waals surface area contributed by atoms with Gasteiger partial charge in [-0.1, -0.05) is 49.6 Å². The monoisotopic (exact) mass is 376 g/mol. The minimum atomic E-state index is -1.10. The van der Waals surface area contributed by atoms with Gasteiger partial charge in [-0.15, -0.1) is 11.8 Å². The number of fused-ring (bicyclic) bond motifs is 5. The molecule has 5 rings (SSSR count). The molecule has 1 aliphatic carbocycles. The number of benzene rings is 2. The van der Waals surface area contributed by atoms with Gasteiger partial charge in [0.15, 0.2) is 0 Å². The van der Waals surface area contributed by atoms with Gasteiger partial charge in [0.1, 0.15) is 0 Å². The van der Waals surface area contributed by atoms with Gasteiger partial charge in [-0.3, -0.25) is 0 Å². The van der Waals surface area contributed by atoms with E-state index in [0.717, 1.165) is 17.8 Å². The Balaban J connectivity index is 1.84. The van der Waals surface area contributed by atoms with Gasteiger partial charge >= 0.3 is 0 Å². The van der Waals surface area contributed by atoms with Crippen LogP contribution in [0.4, 0.5) is 0 Å². The molecule has 0 bridgehead atoms. The summed E-state index contributed by atoms with van der Waals surface area (Å²) in [6.07, 6.45) is 6.34. The molecule has 2 aliphatic rings. The topological polar surface area (TPSA) is 45.1 Å². The first kappa shape index (κ1) is 16.9. The number of nitrogens with zero attached hydrogens (tertiary/aromatic N) is 1. The fourth-order valence-corrected chi connectivity index (χ4v) is 5.85. The molecule has 0 saturated heterocycles. The molecule has 1 saturated carbocycles. The normalized spacial score (nSPS) is 17.3. The van der Waals surface area contributed by atoms with Crippen LogP contribution in [0, 0.1) is 0 Å². The van der Waals surface area contributed by atoms with Gasteiger partial charge in [-0.2, -0.15) is 0 Å². The van der Waals surface area contributed by atoms with Gasteiger partial charge in [0.2, 0.25) is 0 Å². The maximum atomic E-state index is 11.5. The maximum Gasteiger partial charge on any atom is 0.0716 e. The highest BCUT2D eigenvalue weighted by atomic mass is 32.2. The first-order valence-electron chi connectivity index (χ1n) is 9.84. The fourth-order valence-electron chi connectivity index (χ4n) is 4.87. The van der Waals surface area contributed by atoms with Crippen molar-refractivity contribution in [2.24, 2.45) is 0 Å². The van der Waals surface area contributed by atoms with Crippen molar-refractivity contribution in [3.05, 3.63) is 53.6 Å². The number of aromatic carboxylic acids is 1. The van der Waals surface area contributed by atoms with Crippen molar-refractivity contribution in [3.63, 3.8) is 0 Å². The van der Waals surface area contributed by atoms with E-state index >= 15 is 0 Å². The Morgan fingerprint density at radius 2 is 1.89 bits per heavy atom. The molecule has 1 fully saturated rings. The smallest absolute Gasteiger partial charge is 0.0716 e. The predicted molar refractivity (Wildman–Crippen MR) is 108 cm³/mol. The molecule has 27 heavy (non-hydrogen) atoms. The van der Waals surface area contributed by atoms with Crippen molar-refractivity contribution in [1.82, 2.24) is 4.57 Å². The van der Waals surface area contributed by atoms with Crippen LogP contribution in [0.2, 0.25) is 0 Å². The third kappa shape index (κ3) is 2.78. The van der Waals surface area contributed by atoms with Crippen LogP contribution in [0.15, 0.2) is 47.4 Å². The second-order valence-electron chi connectivity index (χ2n) is 7.61. The van der Waals surface area contributed by atoms with Crippen LogP contribution in [0.5, 0.6) is 0 Å². The molecule has 2 aromatic carbocycles. The molecule has 2 heterocycles. The number of hydrogen-bond acceptors (Lipinski definition) is 3. The minimum Gasteiger partial charge on any atom is -0.545 e. The van der Waals surface area contributed by atoms with E-state index in [-0.39, 0.29) is 5.56 Å². The van der Waals surface area contributed by atoms with Crippen LogP contribution in [-0.4, -0.2) is 16.3 Å². The van der Waals surface area contributed by atoms with Crippen molar-refractivity contribution in [2.45, 2.75) is 49.5 Å². The summed E-state index contributed by atoms with van der Waals surface area (Å²) in [5.41, 5.74) is 5.36. The Hall–Kier alpha value is -2.20. The summed E-state index contributed by atoms with van der Waals surface area (Å²) in [4.78, 5) is 12.8. The highest BCUT2D eigenvalue weighted by Crippen LogP contribution is 2.47. The number of aryl methyl sites for hydroxylation is 1. The summed E-state index contributed by atoms with van der Waals surface area (Å²) >= 11 is 1.90. The van der Waals surface area contributed by atoms with E-state index in [4.69, 9.17) is 0 Å². The highest BCUT2D eigenvalue weighted by molar-refractivity contribution is 7.99. The number of carbonyl (C=O) groups excluding carboxylic acids is 1. The Kier molecular flexibility index (Phi) is 4.24. The van der Waals surface area contributed by atoms with Gasteiger partial charge in [-0.25, -0.2) is 0 Å². The van der Waals surface area contributed by atoms with Crippen molar-refractivity contribution in [2.75, 3.05) is 5.75 Å². The molecule has 0 N–H and O–H groups in total. The minimum absolute atomic E-state index is 0.267. The van der Waals surface area contributed by atoms with Crippen LogP contribution in [0.3, 0.4) is 0 Å². The largest absolute Gasteiger partial charge is 0.545 e. The molecule has 4 heteroatoms. The third-order valence-corrected chi connectivity index (χ3v) is 7.12. The molecule has 0 unspecified atom stereocenters. The summed E-state index contributed by atoms with van der Waals surface area (Å²) in [6.45, 7) is 0.897. The van der Waals surface area contributed by atoms with Crippen LogP contribution >= 0.6 is 11.8 Å². The van der Waals surface area contributed by atoms with Crippen LogP contribution < -0.4 is 5.11 Å². The zero-order valence-electron chi connectivity index (χ0n) is 15.2. The lowest BCUT2D eigenvalue weighted by Gasteiger charge is -2.23. The number of carboxylic acid groups (broad SMARTS) is 1. The number of hydrogen-bond donors (Lipinski definition) is 0. The molecule has 1 aliphatic heterocycles. The number of rotatable bonds is 2. The first-order chi connectivity index (χ1) is 13.2. The Morgan fingerprint density at radius 1 is 1.07 bits per heavy atom. The van der Waals surface area contributed by atoms with Crippen LogP contribution in [0.25, 0.3) is 22.2 Å². The summed E-state index contributed by atoms with van der Waals surface area (Å²) in [7, 11) is 0. The summed E-state index contributed by atoms with van der Waals surface area (Å²) in [5, 5.41) is 12.7. The third-order valence-electron chi connectivity index (χ3n) is 6.07. The van der Waals surface area contributed by atoms with Crippen LogP contribution in [0.1, 0.15) is 53.9 Å². The Morgan fingerprint density at radius 3 is 2.70 bits per heavy atom. The quantitative estimate of drug-likeness (QED) is 0.644. The molecule has 3 aromatic rings. The molecule has 138 valence electrons. The molecule has 0 amide bonds. The van der Waals surface area contributed by atoms with E-state index < -0.39 is 5.97 Å². The van der Waals surface area contributed by atoms with Crippen molar-refractivity contribution in [1.29, 1.82) is 0 Å². The Labute approximate surface area is 163 Å². The predicted octanol–water partition coefficient (Wildman–Crippen LogP) is 4.83. The van der Waals surface area contributed by atoms with Crippen molar-refractivity contribution in [3.8, 4) is 11.3 Å². The lowest BCUT2D eigenvalue weighted by atomic mass is 9.82. The molecule has 0 atom stereocenters. The molecular formula is C23H22NO2S-. The maximum absolute atomic E-state index is 11.5. The molecule has 1 aromatic heterocycles. The molecular weight excluding hydrogens is 354 g/mol. The lowest BCUT2D eigenvalue weighted by molar-refractivity contribution is -0.255. The standard InChI is InChI=1S/C23H23NO2S/c25-23(26)16-10-11-17-19(14-16)24-12-13-27-20-9-5-4-8-18(20)22(24)21(17)15-6-2-1-3-7-15/h4-5,8-11,14-15H,1-3,6-7,12-13H2,(H,25,26)/p-1. The van der Waals surface area contributed by atoms with Crippen molar-refractivity contribution >= 4 is 28.6 Å². The fraction of sp³-hybridized carbons (Fsp3) is 0.348. The number of carbonyl (C=O) groups is 1. The van der Waals surface area contributed by atoms with Gasteiger partial charge in [0, 0.05) is 33.7 Å². The average Bonchev–Trinajstić information content (AvgIpc) is 2.90. The van der Waals surface area contributed by atoms with Crippen LogP contribution in [-0.2, 0) is 6.54 Å². The zero-order chi connectivity index (χ0) is 18.4. The highest BCUT2D eigenvalue weighted by Gasteiger charge is 2.28. The lowest BCUT2D eigenvalue weighted by Crippen LogP contribution is -2.22. The second-order valence-corrected chi connectivity index (χ2v) is 8.75. The molecule has 0 radical (unpaired) electrons. The van der Waals surface area contributed by atoms with Gasteiger partial charge < -0.3 is 14.5 Å². The van der Waals surface area contributed by atoms with Gasteiger partial charge in [0.05, 0.1) is 11.7 Å². The second kappa shape index (κ2) is 6.75. The van der Waals surface area contributed by atoms with Gasteiger partial charge in [0.25, 0.3) is 0 Å². The first-order valence-corrected chi connectivity index (χ1v) is 10.8. The Bertz CT molecular complexity index is 1030. The average molecular weight is 377 g/mol. The number of carboxylic acids is 1. The zero-order valence-corrected chi connectivity index (χ0v) is 16.1. The van der Waals surface area contributed by atoms with E-state index in [1.807, 2.05) is 23.9 Å². The van der Waals surface area contributed by atoms with E-state index in [1.54, 1.807) is 6.07 Å². The summed E-state index contributed by atoms with van der Waals surface area (Å²) < 4.78 is 2.37. The summed E-state index contributed by atoms with van der Waals surface area (Å²) in [6, 6.07) is 14.2. The van der Waals surface area contributed by atoms with Gasteiger partial charge in [-0.05, 0) is 42.0 Å². The SMILES string of the molecule is O=C([O-])c1ccc2c(C3CCCCC3)c3n(c2c1)CCSc1ccccc1-3. The van der Waals surface area contributed by atoms with E-state index in [0.29, 0.717) is 5.92 Å². The molecule has 3 nitrogen and oxygen atoms in total.